The van der Waals surface area contributed by atoms with E-state index in [9.17, 15) is 4.79 Å². The summed E-state index contributed by atoms with van der Waals surface area (Å²) in [6.45, 7) is 3.63. The summed E-state index contributed by atoms with van der Waals surface area (Å²) in [5.74, 6) is 0.383. The van der Waals surface area contributed by atoms with Gasteiger partial charge in [-0.15, -0.1) is 0 Å². The maximum Gasteiger partial charge on any atom is 0.229 e. The SMILES string of the molecule is O=C1N(Cc2ccc(Br)cc2)CCCC12CCNCC2. The van der Waals surface area contributed by atoms with Gasteiger partial charge in [0, 0.05) is 17.6 Å². The molecule has 1 spiro atoms. The quantitative estimate of drug-likeness (QED) is 0.900. The zero-order valence-electron chi connectivity index (χ0n) is 11.7. The van der Waals surface area contributed by atoms with Gasteiger partial charge in [-0.1, -0.05) is 28.1 Å². The Morgan fingerprint density at radius 1 is 1.15 bits per heavy atom. The highest BCUT2D eigenvalue weighted by molar-refractivity contribution is 9.10. The number of piperidine rings is 2. The second kappa shape index (κ2) is 5.86. The predicted molar refractivity (Wildman–Crippen MR) is 83.3 cm³/mol. The third-order valence-corrected chi connectivity index (χ3v) is 5.20. The monoisotopic (exact) mass is 336 g/mol. The van der Waals surface area contributed by atoms with Crippen molar-refractivity contribution in [1.29, 1.82) is 0 Å². The molecule has 4 heteroatoms. The van der Waals surface area contributed by atoms with Crippen molar-refractivity contribution in [3.63, 3.8) is 0 Å². The Labute approximate surface area is 128 Å². The van der Waals surface area contributed by atoms with Crippen molar-refractivity contribution in [1.82, 2.24) is 10.2 Å². The van der Waals surface area contributed by atoms with Gasteiger partial charge >= 0.3 is 0 Å². The lowest BCUT2D eigenvalue weighted by Gasteiger charge is -2.44. The van der Waals surface area contributed by atoms with Crippen LogP contribution in [0, 0.1) is 5.41 Å². The summed E-state index contributed by atoms with van der Waals surface area (Å²) < 4.78 is 1.08. The lowest BCUT2D eigenvalue weighted by Crippen LogP contribution is -2.52. The first-order chi connectivity index (χ1) is 9.70. The number of carbonyl (C=O) groups is 1. The number of nitrogens with one attached hydrogen (secondary N) is 1. The van der Waals surface area contributed by atoms with Gasteiger partial charge in [0.25, 0.3) is 0 Å². The summed E-state index contributed by atoms with van der Waals surface area (Å²) in [5, 5.41) is 3.37. The normalized spacial score (nSPS) is 22.2. The summed E-state index contributed by atoms with van der Waals surface area (Å²) in [5.41, 5.74) is 1.14. The molecule has 0 saturated carbocycles. The Morgan fingerprint density at radius 2 is 1.85 bits per heavy atom. The van der Waals surface area contributed by atoms with Crippen molar-refractivity contribution in [2.75, 3.05) is 19.6 Å². The first-order valence-electron chi connectivity index (χ1n) is 7.44. The molecule has 2 fully saturated rings. The molecule has 2 saturated heterocycles. The van der Waals surface area contributed by atoms with E-state index in [1.165, 1.54) is 5.56 Å². The second-order valence-corrected chi connectivity index (χ2v) is 6.90. The summed E-state index contributed by atoms with van der Waals surface area (Å²) in [6.07, 6.45) is 4.22. The molecule has 2 aliphatic rings. The summed E-state index contributed by atoms with van der Waals surface area (Å²) in [4.78, 5) is 14.9. The van der Waals surface area contributed by atoms with Crippen LogP contribution >= 0.6 is 15.9 Å². The number of likely N-dealkylation sites (tertiary alicyclic amines) is 1. The van der Waals surface area contributed by atoms with Crippen LogP contribution in [-0.4, -0.2) is 30.4 Å². The maximum atomic E-state index is 12.9. The third-order valence-electron chi connectivity index (χ3n) is 4.67. The molecular weight excluding hydrogens is 316 g/mol. The highest BCUT2D eigenvalue weighted by Gasteiger charge is 2.44. The maximum absolute atomic E-state index is 12.9. The Hall–Kier alpha value is -0.870. The number of hydrogen-bond donors (Lipinski definition) is 1. The van der Waals surface area contributed by atoms with Crippen LogP contribution in [0.1, 0.15) is 31.2 Å². The fraction of sp³-hybridized carbons (Fsp3) is 0.562. The van der Waals surface area contributed by atoms with E-state index in [0.29, 0.717) is 5.91 Å². The van der Waals surface area contributed by atoms with Crippen molar-refractivity contribution in [3.05, 3.63) is 34.3 Å². The molecular formula is C16H21BrN2O. The van der Waals surface area contributed by atoms with E-state index in [4.69, 9.17) is 0 Å². The van der Waals surface area contributed by atoms with E-state index in [-0.39, 0.29) is 5.41 Å². The first-order valence-corrected chi connectivity index (χ1v) is 8.23. The smallest absolute Gasteiger partial charge is 0.229 e. The topological polar surface area (TPSA) is 32.3 Å². The number of carbonyl (C=O) groups excluding carboxylic acids is 1. The van der Waals surface area contributed by atoms with Gasteiger partial charge in [0.05, 0.1) is 5.41 Å². The molecule has 0 aromatic heterocycles. The van der Waals surface area contributed by atoms with Gasteiger partial charge in [-0.2, -0.15) is 0 Å². The van der Waals surface area contributed by atoms with Crippen molar-refractivity contribution in [2.45, 2.75) is 32.2 Å². The van der Waals surface area contributed by atoms with E-state index in [1.54, 1.807) is 0 Å². The molecule has 3 rings (SSSR count). The van der Waals surface area contributed by atoms with E-state index in [1.807, 2.05) is 12.1 Å². The van der Waals surface area contributed by atoms with Crippen LogP contribution < -0.4 is 5.32 Å². The minimum atomic E-state index is -0.0706. The van der Waals surface area contributed by atoms with Gasteiger partial charge < -0.3 is 10.2 Å². The minimum Gasteiger partial charge on any atom is -0.338 e. The molecule has 2 heterocycles. The molecule has 1 aromatic carbocycles. The van der Waals surface area contributed by atoms with Crippen LogP contribution in [0.4, 0.5) is 0 Å². The lowest BCUT2D eigenvalue weighted by atomic mass is 9.72. The minimum absolute atomic E-state index is 0.0706. The van der Waals surface area contributed by atoms with Gasteiger partial charge in [-0.3, -0.25) is 4.79 Å². The summed E-state index contributed by atoms with van der Waals surface area (Å²) >= 11 is 3.45. The Balaban J connectivity index is 1.73. The Morgan fingerprint density at radius 3 is 2.55 bits per heavy atom. The van der Waals surface area contributed by atoms with Crippen molar-refractivity contribution >= 4 is 21.8 Å². The molecule has 1 amide bonds. The average molecular weight is 337 g/mol. The van der Waals surface area contributed by atoms with Crippen LogP contribution in [-0.2, 0) is 11.3 Å². The molecule has 0 atom stereocenters. The number of hydrogen-bond acceptors (Lipinski definition) is 2. The molecule has 1 N–H and O–H groups in total. The van der Waals surface area contributed by atoms with Crippen LogP contribution in [0.25, 0.3) is 0 Å². The van der Waals surface area contributed by atoms with E-state index < -0.39 is 0 Å². The number of rotatable bonds is 2. The highest BCUT2D eigenvalue weighted by atomic mass is 79.9. The standard InChI is InChI=1S/C16H21BrN2O/c17-14-4-2-13(3-5-14)12-19-11-1-6-16(15(19)20)7-9-18-10-8-16/h2-5,18H,1,6-12H2. The number of nitrogens with zero attached hydrogens (tertiary/aromatic N) is 1. The van der Waals surface area contributed by atoms with E-state index >= 15 is 0 Å². The number of benzene rings is 1. The van der Waals surface area contributed by atoms with Crippen LogP contribution in [0.2, 0.25) is 0 Å². The van der Waals surface area contributed by atoms with E-state index in [2.05, 4.69) is 38.3 Å². The molecule has 0 aliphatic carbocycles. The number of amides is 1. The third kappa shape index (κ3) is 2.77. The molecule has 0 bridgehead atoms. The molecule has 1 aromatic rings. The molecule has 2 aliphatic heterocycles. The average Bonchev–Trinajstić information content (AvgIpc) is 2.47. The van der Waals surface area contributed by atoms with Crippen molar-refractivity contribution < 1.29 is 4.79 Å². The first kappa shape index (κ1) is 14.1. The molecule has 108 valence electrons. The van der Waals surface area contributed by atoms with Crippen molar-refractivity contribution in [3.8, 4) is 0 Å². The molecule has 20 heavy (non-hydrogen) atoms. The fourth-order valence-electron chi connectivity index (χ4n) is 3.48. The van der Waals surface area contributed by atoms with Gasteiger partial charge in [-0.25, -0.2) is 0 Å². The van der Waals surface area contributed by atoms with Gasteiger partial charge in [0.1, 0.15) is 0 Å². The Bertz CT molecular complexity index is 474. The second-order valence-electron chi connectivity index (χ2n) is 5.99. The van der Waals surface area contributed by atoms with Gasteiger partial charge in [0.15, 0.2) is 0 Å². The summed E-state index contributed by atoms with van der Waals surface area (Å²) in [6, 6.07) is 8.29. The lowest BCUT2D eigenvalue weighted by molar-refractivity contribution is -0.149. The Kier molecular flexibility index (Phi) is 4.13. The summed E-state index contributed by atoms with van der Waals surface area (Å²) in [7, 11) is 0. The van der Waals surface area contributed by atoms with Gasteiger partial charge in [-0.05, 0) is 56.5 Å². The van der Waals surface area contributed by atoms with Crippen LogP contribution in [0.3, 0.4) is 0 Å². The highest BCUT2D eigenvalue weighted by Crippen LogP contribution is 2.39. The largest absolute Gasteiger partial charge is 0.338 e. The molecule has 3 nitrogen and oxygen atoms in total. The number of halogens is 1. The zero-order valence-corrected chi connectivity index (χ0v) is 13.3. The van der Waals surface area contributed by atoms with E-state index in [0.717, 1.165) is 56.3 Å². The van der Waals surface area contributed by atoms with Gasteiger partial charge in [0.2, 0.25) is 5.91 Å². The zero-order chi connectivity index (χ0) is 14.0. The molecule has 0 radical (unpaired) electrons. The van der Waals surface area contributed by atoms with Crippen molar-refractivity contribution in [2.24, 2.45) is 5.41 Å². The van der Waals surface area contributed by atoms with Crippen LogP contribution in [0.5, 0.6) is 0 Å². The fourth-order valence-corrected chi connectivity index (χ4v) is 3.75. The molecule has 0 unspecified atom stereocenters. The van der Waals surface area contributed by atoms with Crippen LogP contribution in [0.15, 0.2) is 28.7 Å². The predicted octanol–water partition coefficient (Wildman–Crippen LogP) is 2.94.